The first-order valence-electron chi connectivity index (χ1n) is 8.03. The lowest BCUT2D eigenvalue weighted by Gasteiger charge is -2.21. The number of likely N-dealkylation sites (N-methyl/N-ethyl adjacent to an activating group) is 1. The van der Waals surface area contributed by atoms with Gasteiger partial charge in [-0.2, -0.15) is 5.26 Å². The number of carbonyl (C=O) groups excluding carboxylic acids is 1. The molecule has 0 aliphatic heterocycles. The Labute approximate surface area is 138 Å². The summed E-state index contributed by atoms with van der Waals surface area (Å²) in [7, 11) is 0. The molecule has 0 spiro atoms. The third kappa shape index (κ3) is 5.27. The van der Waals surface area contributed by atoms with Crippen molar-refractivity contribution < 1.29 is 4.79 Å². The van der Waals surface area contributed by atoms with E-state index in [9.17, 15) is 4.79 Å². The van der Waals surface area contributed by atoms with E-state index in [4.69, 9.17) is 5.26 Å². The van der Waals surface area contributed by atoms with E-state index in [1.807, 2.05) is 42.2 Å². The minimum Gasteiger partial charge on any atom is -0.343 e. The van der Waals surface area contributed by atoms with Gasteiger partial charge in [0.05, 0.1) is 11.6 Å². The number of hydrogen-bond donors (Lipinski definition) is 0. The van der Waals surface area contributed by atoms with Crippen LogP contribution in [0.15, 0.2) is 54.6 Å². The summed E-state index contributed by atoms with van der Waals surface area (Å²) in [6.45, 7) is 3.51. The molecule has 0 N–H and O–H groups in total. The van der Waals surface area contributed by atoms with Crippen molar-refractivity contribution in [3.8, 4) is 6.07 Å². The first-order chi connectivity index (χ1) is 11.2. The number of benzene rings is 2. The molecule has 2 aromatic rings. The Hall–Kier alpha value is -2.60. The highest BCUT2D eigenvalue weighted by molar-refractivity contribution is 5.76. The van der Waals surface area contributed by atoms with E-state index in [1.165, 1.54) is 5.56 Å². The van der Waals surface area contributed by atoms with Gasteiger partial charge in [0.2, 0.25) is 5.91 Å². The number of nitriles is 1. The smallest absolute Gasteiger partial charge is 0.222 e. The number of amides is 1. The Balaban J connectivity index is 1.83. The lowest BCUT2D eigenvalue weighted by molar-refractivity contribution is -0.130. The molecule has 0 fully saturated rings. The Morgan fingerprint density at radius 1 is 1.00 bits per heavy atom. The predicted octanol–water partition coefficient (Wildman–Crippen LogP) is 3.58. The molecule has 1 amide bonds. The van der Waals surface area contributed by atoms with Gasteiger partial charge in [0.15, 0.2) is 0 Å². The quantitative estimate of drug-likeness (QED) is 0.784. The van der Waals surface area contributed by atoms with Crippen LogP contribution in [0.1, 0.15) is 30.0 Å². The van der Waals surface area contributed by atoms with Crippen molar-refractivity contribution in [3.63, 3.8) is 0 Å². The van der Waals surface area contributed by atoms with Crippen molar-refractivity contribution in [2.75, 3.05) is 13.1 Å². The van der Waals surface area contributed by atoms with Crippen LogP contribution in [-0.2, 0) is 17.6 Å². The minimum atomic E-state index is 0.188. The molecule has 0 unspecified atom stereocenters. The molecule has 0 atom stereocenters. The first kappa shape index (κ1) is 16.8. The molecule has 2 aromatic carbocycles. The molecule has 0 bridgehead atoms. The second-order valence-electron chi connectivity index (χ2n) is 5.52. The van der Waals surface area contributed by atoms with Gasteiger partial charge in [-0.1, -0.05) is 42.5 Å². The third-order valence-electron chi connectivity index (χ3n) is 3.96. The average Bonchev–Trinajstić information content (AvgIpc) is 2.61. The minimum absolute atomic E-state index is 0.188. The van der Waals surface area contributed by atoms with Crippen molar-refractivity contribution in [3.05, 3.63) is 71.3 Å². The Morgan fingerprint density at radius 3 is 2.26 bits per heavy atom. The van der Waals surface area contributed by atoms with Gasteiger partial charge in [0.1, 0.15) is 0 Å². The number of carbonyl (C=O) groups is 1. The molecule has 118 valence electrons. The van der Waals surface area contributed by atoms with Crippen LogP contribution in [0.2, 0.25) is 0 Å². The highest BCUT2D eigenvalue weighted by Crippen LogP contribution is 2.08. The van der Waals surface area contributed by atoms with E-state index in [-0.39, 0.29) is 5.91 Å². The SMILES string of the molecule is CCN(CCc1ccccc1)C(=O)CCc1ccc(C#N)cc1. The lowest BCUT2D eigenvalue weighted by Crippen LogP contribution is -2.32. The fourth-order valence-electron chi connectivity index (χ4n) is 2.52. The second kappa shape index (κ2) is 8.75. The molecule has 0 saturated heterocycles. The summed E-state index contributed by atoms with van der Waals surface area (Å²) in [5.41, 5.74) is 3.00. The van der Waals surface area contributed by atoms with Gasteiger partial charge >= 0.3 is 0 Å². The summed E-state index contributed by atoms with van der Waals surface area (Å²) in [6.07, 6.45) is 2.11. The van der Waals surface area contributed by atoms with E-state index in [0.29, 0.717) is 18.4 Å². The van der Waals surface area contributed by atoms with Crippen molar-refractivity contribution in [2.24, 2.45) is 0 Å². The van der Waals surface area contributed by atoms with Gasteiger partial charge in [0.25, 0.3) is 0 Å². The molecule has 23 heavy (non-hydrogen) atoms. The molecule has 2 rings (SSSR count). The highest BCUT2D eigenvalue weighted by atomic mass is 16.2. The van der Waals surface area contributed by atoms with E-state index >= 15 is 0 Å². The lowest BCUT2D eigenvalue weighted by atomic mass is 10.1. The van der Waals surface area contributed by atoms with E-state index in [1.54, 1.807) is 12.1 Å². The molecular formula is C20H22N2O. The van der Waals surface area contributed by atoms with Gasteiger partial charge in [-0.25, -0.2) is 0 Å². The first-order valence-corrected chi connectivity index (χ1v) is 8.03. The number of rotatable bonds is 7. The van der Waals surface area contributed by atoms with Gasteiger partial charge in [-0.15, -0.1) is 0 Å². The summed E-state index contributed by atoms with van der Waals surface area (Å²) in [4.78, 5) is 14.3. The topological polar surface area (TPSA) is 44.1 Å². The maximum Gasteiger partial charge on any atom is 0.222 e. The van der Waals surface area contributed by atoms with Crippen LogP contribution in [-0.4, -0.2) is 23.9 Å². The molecule has 0 aliphatic carbocycles. The van der Waals surface area contributed by atoms with Crippen molar-refractivity contribution >= 4 is 5.91 Å². The Bertz CT molecular complexity index is 656. The summed E-state index contributed by atoms with van der Waals surface area (Å²) >= 11 is 0. The second-order valence-corrected chi connectivity index (χ2v) is 5.52. The monoisotopic (exact) mass is 306 g/mol. The largest absolute Gasteiger partial charge is 0.343 e. The van der Waals surface area contributed by atoms with Crippen LogP contribution in [0.25, 0.3) is 0 Å². The molecule has 3 nitrogen and oxygen atoms in total. The molecular weight excluding hydrogens is 284 g/mol. The molecule has 0 radical (unpaired) electrons. The van der Waals surface area contributed by atoms with Gasteiger partial charge in [0, 0.05) is 19.5 Å². The van der Waals surface area contributed by atoms with Crippen LogP contribution in [0, 0.1) is 11.3 Å². The van der Waals surface area contributed by atoms with E-state index in [0.717, 1.165) is 25.1 Å². The molecule has 0 aliphatic rings. The third-order valence-corrected chi connectivity index (χ3v) is 3.96. The van der Waals surface area contributed by atoms with Gasteiger partial charge < -0.3 is 4.90 Å². The fourth-order valence-corrected chi connectivity index (χ4v) is 2.52. The Morgan fingerprint density at radius 2 is 1.65 bits per heavy atom. The standard InChI is InChI=1S/C20H22N2O/c1-2-22(15-14-17-6-4-3-5-7-17)20(23)13-12-18-8-10-19(16-21)11-9-18/h3-11H,2,12-15H2,1H3. The molecule has 0 saturated carbocycles. The number of aryl methyl sites for hydroxylation is 1. The molecule has 0 heterocycles. The van der Waals surface area contributed by atoms with E-state index < -0.39 is 0 Å². The molecule has 0 aromatic heterocycles. The average molecular weight is 306 g/mol. The highest BCUT2D eigenvalue weighted by Gasteiger charge is 2.11. The van der Waals surface area contributed by atoms with E-state index in [2.05, 4.69) is 18.2 Å². The van der Waals surface area contributed by atoms with Crippen LogP contribution >= 0.6 is 0 Å². The zero-order valence-corrected chi connectivity index (χ0v) is 13.5. The fraction of sp³-hybridized carbons (Fsp3) is 0.300. The summed E-state index contributed by atoms with van der Waals surface area (Å²) in [5.74, 6) is 0.188. The van der Waals surface area contributed by atoms with Gasteiger partial charge in [-0.3, -0.25) is 4.79 Å². The zero-order chi connectivity index (χ0) is 16.5. The van der Waals surface area contributed by atoms with Crippen LogP contribution < -0.4 is 0 Å². The molecule has 3 heteroatoms. The van der Waals surface area contributed by atoms with Crippen molar-refractivity contribution in [1.29, 1.82) is 5.26 Å². The van der Waals surface area contributed by atoms with Crippen molar-refractivity contribution in [1.82, 2.24) is 4.90 Å². The van der Waals surface area contributed by atoms with Crippen LogP contribution in [0.4, 0.5) is 0 Å². The summed E-state index contributed by atoms with van der Waals surface area (Å²) < 4.78 is 0. The normalized spacial score (nSPS) is 10.1. The zero-order valence-electron chi connectivity index (χ0n) is 13.5. The summed E-state index contributed by atoms with van der Waals surface area (Å²) in [5, 5.41) is 8.79. The van der Waals surface area contributed by atoms with Crippen molar-refractivity contribution in [2.45, 2.75) is 26.2 Å². The van der Waals surface area contributed by atoms with Gasteiger partial charge in [-0.05, 0) is 43.0 Å². The maximum atomic E-state index is 12.4. The predicted molar refractivity (Wildman–Crippen MR) is 91.9 cm³/mol. The van der Waals surface area contributed by atoms with Crippen LogP contribution in [0.3, 0.4) is 0 Å². The number of hydrogen-bond acceptors (Lipinski definition) is 2. The maximum absolute atomic E-state index is 12.4. The Kier molecular flexibility index (Phi) is 6.38. The number of nitrogens with zero attached hydrogens (tertiary/aromatic N) is 2. The van der Waals surface area contributed by atoms with Crippen LogP contribution in [0.5, 0.6) is 0 Å². The summed E-state index contributed by atoms with van der Waals surface area (Å²) in [6, 6.07) is 19.8.